The molecule has 15 heavy (non-hydrogen) atoms. The van der Waals surface area contributed by atoms with Crippen LogP contribution in [0.5, 0.6) is 0 Å². The van der Waals surface area contributed by atoms with Gasteiger partial charge in [0, 0.05) is 19.7 Å². The van der Waals surface area contributed by atoms with Crippen LogP contribution in [0.4, 0.5) is 0 Å². The molecule has 0 amide bonds. The van der Waals surface area contributed by atoms with Crippen molar-refractivity contribution in [3.05, 3.63) is 0 Å². The maximum absolute atomic E-state index is 5.85. The van der Waals surface area contributed by atoms with Crippen molar-refractivity contribution in [3.8, 4) is 0 Å². The molecule has 3 heteroatoms. The Kier molecular flexibility index (Phi) is 5.78. The van der Waals surface area contributed by atoms with Gasteiger partial charge in [0.05, 0.1) is 12.1 Å². The van der Waals surface area contributed by atoms with Crippen molar-refractivity contribution in [1.29, 1.82) is 0 Å². The van der Waals surface area contributed by atoms with Crippen molar-refractivity contribution >= 4 is 0 Å². The van der Waals surface area contributed by atoms with Crippen LogP contribution in [0.15, 0.2) is 0 Å². The smallest absolute Gasteiger partial charge is 0.0659 e. The van der Waals surface area contributed by atoms with Gasteiger partial charge in [-0.2, -0.15) is 0 Å². The molecule has 0 saturated carbocycles. The van der Waals surface area contributed by atoms with E-state index in [-0.39, 0.29) is 11.0 Å². The topological polar surface area (TPSA) is 38.5 Å². The van der Waals surface area contributed by atoms with Crippen LogP contribution in [0.3, 0.4) is 0 Å². The average Bonchev–Trinajstić information content (AvgIpc) is 2.11. The van der Waals surface area contributed by atoms with Gasteiger partial charge in [0.2, 0.25) is 0 Å². The first-order valence-electron chi connectivity index (χ1n) is 5.74. The zero-order valence-electron chi connectivity index (χ0n) is 11.3. The van der Waals surface area contributed by atoms with Crippen molar-refractivity contribution in [1.82, 2.24) is 4.90 Å². The van der Waals surface area contributed by atoms with Gasteiger partial charge < -0.3 is 10.5 Å². The number of nitrogens with two attached hydrogens (primary N) is 1. The molecule has 2 N–H and O–H groups in total. The Hall–Kier alpha value is -0.120. The fourth-order valence-corrected chi connectivity index (χ4v) is 1.55. The minimum atomic E-state index is -0.0523. The van der Waals surface area contributed by atoms with Crippen molar-refractivity contribution in [2.24, 2.45) is 11.1 Å². The van der Waals surface area contributed by atoms with E-state index < -0.39 is 0 Å². The van der Waals surface area contributed by atoms with Crippen LogP contribution >= 0.6 is 0 Å². The lowest BCUT2D eigenvalue weighted by Gasteiger charge is -2.41. The van der Waals surface area contributed by atoms with E-state index in [0.717, 1.165) is 13.2 Å². The Labute approximate surface area is 95.0 Å². The fourth-order valence-electron chi connectivity index (χ4n) is 1.55. The Bertz CT molecular complexity index is 177. The van der Waals surface area contributed by atoms with Crippen molar-refractivity contribution < 1.29 is 4.74 Å². The van der Waals surface area contributed by atoms with Gasteiger partial charge in [-0.3, -0.25) is 4.90 Å². The second kappa shape index (κ2) is 5.83. The standard InChI is InChI=1S/C12H28N2O/c1-7-15-10-12(5,8-13)14(6)9-11(2,3)4/h7-10,13H2,1-6H3. The lowest BCUT2D eigenvalue weighted by molar-refractivity contribution is 0.00986. The molecule has 0 bridgehead atoms. The highest BCUT2D eigenvalue weighted by Crippen LogP contribution is 2.20. The van der Waals surface area contributed by atoms with Crippen LogP contribution in [-0.2, 0) is 4.74 Å². The first-order valence-corrected chi connectivity index (χ1v) is 5.74. The highest BCUT2D eigenvalue weighted by atomic mass is 16.5. The van der Waals surface area contributed by atoms with Crippen LogP contribution in [0, 0.1) is 5.41 Å². The van der Waals surface area contributed by atoms with E-state index in [1.165, 1.54) is 0 Å². The minimum absolute atomic E-state index is 0.0523. The molecule has 0 aliphatic heterocycles. The van der Waals surface area contributed by atoms with Gasteiger partial charge in [-0.15, -0.1) is 0 Å². The van der Waals surface area contributed by atoms with Gasteiger partial charge >= 0.3 is 0 Å². The fraction of sp³-hybridized carbons (Fsp3) is 1.00. The van der Waals surface area contributed by atoms with Crippen molar-refractivity contribution in [2.75, 3.05) is 33.4 Å². The predicted molar refractivity (Wildman–Crippen MR) is 66.0 cm³/mol. The van der Waals surface area contributed by atoms with E-state index in [0.29, 0.717) is 13.2 Å². The maximum atomic E-state index is 5.85. The highest BCUT2D eigenvalue weighted by molar-refractivity contribution is 4.87. The summed E-state index contributed by atoms with van der Waals surface area (Å²) in [7, 11) is 2.12. The minimum Gasteiger partial charge on any atom is -0.380 e. The van der Waals surface area contributed by atoms with E-state index >= 15 is 0 Å². The Morgan fingerprint density at radius 3 is 2.07 bits per heavy atom. The lowest BCUT2D eigenvalue weighted by Crippen LogP contribution is -2.55. The number of likely N-dealkylation sites (N-methyl/N-ethyl adjacent to an activating group) is 1. The Morgan fingerprint density at radius 2 is 1.73 bits per heavy atom. The second-order valence-electron chi connectivity index (χ2n) is 5.75. The summed E-state index contributed by atoms with van der Waals surface area (Å²) < 4.78 is 5.50. The van der Waals surface area contributed by atoms with Crippen LogP contribution in [-0.4, -0.2) is 43.8 Å². The van der Waals surface area contributed by atoms with Crippen LogP contribution in [0.25, 0.3) is 0 Å². The monoisotopic (exact) mass is 216 g/mol. The number of hydrogen-bond donors (Lipinski definition) is 1. The van der Waals surface area contributed by atoms with Crippen LogP contribution in [0.1, 0.15) is 34.6 Å². The molecule has 0 aromatic carbocycles. The van der Waals surface area contributed by atoms with Crippen molar-refractivity contribution in [2.45, 2.75) is 40.2 Å². The summed E-state index contributed by atoms with van der Waals surface area (Å²) in [6.07, 6.45) is 0. The summed E-state index contributed by atoms with van der Waals surface area (Å²) in [6.45, 7) is 14.0. The summed E-state index contributed by atoms with van der Waals surface area (Å²) in [5.74, 6) is 0. The van der Waals surface area contributed by atoms with Gasteiger partial charge in [0.15, 0.2) is 0 Å². The maximum Gasteiger partial charge on any atom is 0.0659 e. The van der Waals surface area contributed by atoms with Gasteiger partial charge in [0.25, 0.3) is 0 Å². The molecular weight excluding hydrogens is 188 g/mol. The molecule has 0 aromatic rings. The zero-order chi connectivity index (χ0) is 12.1. The molecule has 0 heterocycles. The Morgan fingerprint density at radius 1 is 1.20 bits per heavy atom. The first kappa shape index (κ1) is 14.9. The van der Waals surface area contributed by atoms with E-state index in [2.05, 4.69) is 39.6 Å². The van der Waals surface area contributed by atoms with Gasteiger partial charge in [-0.05, 0) is 26.3 Å². The molecule has 0 saturated heterocycles. The molecule has 0 aromatic heterocycles. The van der Waals surface area contributed by atoms with Crippen molar-refractivity contribution in [3.63, 3.8) is 0 Å². The Balaban J connectivity index is 4.36. The SMILES string of the molecule is CCOCC(C)(CN)N(C)CC(C)(C)C. The lowest BCUT2D eigenvalue weighted by atomic mass is 9.92. The van der Waals surface area contributed by atoms with E-state index in [4.69, 9.17) is 10.5 Å². The van der Waals surface area contributed by atoms with E-state index in [9.17, 15) is 0 Å². The number of rotatable bonds is 6. The number of nitrogens with zero attached hydrogens (tertiary/aromatic N) is 1. The molecule has 3 nitrogen and oxygen atoms in total. The zero-order valence-corrected chi connectivity index (χ0v) is 11.3. The highest BCUT2D eigenvalue weighted by Gasteiger charge is 2.30. The molecule has 92 valence electrons. The normalized spacial score (nSPS) is 16.8. The molecule has 0 aliphatic carbocycles. The molecule has 1 unspecified atom stereocenters. The molecule has 1 atom stereocenters. The number of hydrogen-bond acceptors (Lipinski definition) is 3. The van der Waals surface area contributed by atoms with Gasteiger partial charge in [0.1, 0.15) is 0 Å². The molecule has 0 spiro atoms. The second-order valence-corrected chi connectivity index (χ2v) is 5.75. The summed E-state index contributed by atoms with van der Waals surface area (Å²) in [5, 5.41) is 0. The third kappa shape index (κ3) is 5.50. The third-order valence-corrected chi connectivity index (χ3v) is 2.69. The van der Waals surface area contributed by atoms with E-state index in [1.54, 1.807) is 0 Å². The molecular formula is C12H28N2O. The van der Waals surface area contributed by atoms with Crippen LogP contribution < -0.4 is 5.73 Å². The predicted octanol–water partition coefficient (Wildman–Crippen LogP) is 1.72. The van der Waals surface area contributed by atoms with Crippen LogP contribution in [0.2, 0.25) is 0 Å². The average molecular weight is 216 g/mol. The summed E-state index contributed by atoms with van der Waals surface area (Å²) in [6, 6.07) is 0. The summed E-state index contributed by atoms with van der Waals surface area (Å²) in [5.41, 5.74) is 6.08. The van der Waals surface area contributed by atoms with E-state index in [1.807, 2.05) is 6.92 Å². The third-order valence-electron chi connectivity index (χ3n) is 2.69. The summed E-state index contributed by atoms with van der Waals surface area (Å²) in [4.78, 5) is 2.31. The molecule has 0 aliphatic rings. The number of ether oxygens (including phenoxy) is 1. The largest absolute Gasteiger partial charge is 0.380 e. The quantitative estimate of drug-likeness (QED) is 0.734. The van der Waals surface area contributed by atoms with Gasteiger partial charge in [-0.1, -0.05) is 20.8 Å². The molecule has 0 fully saturated rings. The molecule has 0 rings (SSSR count). The molecule has 0 radical (unpaired) electrons. The van der Waals surface area contributed by atoms with Gasteiger partial charge in [-0.25, -0.2) is 0 Å². The summed E-state index contributed by atoms with van der Waals surface area (Å²) >= 11 is 0. The first-order chi connectivity index (χ1) is 6.75.